The van der Waals surface area contributed by atoms with Gasteiger partial charge in [-0.25, -0.2) is 0 Å². The Kier molecular flexibility index (Phi) is 3.95. The standard InChI is InChI=1S/C8H11/c1-4-5-6-7-8(2)3/h4-5,7H,1H2,2-3H3. The SMILES string of the molecule is C=C/C=[C]/C=C(C)C. The zero-order valence-electron chi connectivity index (χ0n) is 5.44. The van der Waals surface area contributed by atoms with Gasteiger partial charge in [0.15, 0.2) is 0 Å². The van der Waals surface area contributed by atoms with Gasteiger partial charge >= 0.3 is 0 Å². The molecule has 8 heavy (non-hydrogen) atoms. The third kappa shape index (κ3) is 5.22. The molecular formula is C8H11. The van der Waals surface area contributed by atoms with Crippen molar-refractivity contribution in [2.45, 2.75) is 13.8 Å². The van der Waals surface area contributed by atoms with Crippen LogP contribution in [0.15, 0.2) is 30.4 Å². The van der Waals surface area contributed by atoms with Crippen LogP contribution < -0.4 is 0 Å². The first-order valence-electron chi connectivity index (χ1n) is 2.61. The summed E-state index contributed by atoms with van der Waals surface area (Å²) in [5.74, 6) is 0. The highest BCUT2D eigenvalue weighted by Crippen LogP contribution is 1.86. The topological polar surface area (TPSA) is 0 Å². The molecule has 0 heteroatoms. The van der Waals surface area contributed by atoms with Gasteiger partial charge in [0.2, 0.25) is 0 Å². The van der Waals surface area contributed by atoms with Crippen molar-refractivity contribution in [1.82, 2.24) is 0 Å². The van der Waals surface area contributed by atoms with Crippen LogP contribution in [0.3, 0.4) is 0 Å². The quantitative estimate of drug-likeness (QED) is 0.475. The number of rotatable bonds is 2. The summed E-state index contributed by atoms with van der Waals surface area (Å²) in [4.78, 5) is 0. The smallest absolute Gasteiger partial charge is 0.0185 e. The van der Waals surface area contributed by atoms with E-state index in [4.69, 9.17) is 0 Å². The Morgan fingerprint density at radius 2 is 2.12 bits per heavy atom. The Bertz CT molecular complexity index is 112. The molecule has 0 aliphatic rings. The average molecular weight is 107 g/mol. The Balaban J connectivity index is 3.57. The van der Waals surface area contributed by atoms with E-state index >= 15 is 0 Å². The predicted octanol–water partition coefficient (Wildman–Crippen LogP) is 2.50. The van der Waals surface area contributed by atoms with E-state index in [0.29, 0.717) is 0 Å². The van der Waals surface area contributed by atoms with E-state index in [9.17, 15) is 0 Å². The summed E-state index contributed by atoms with van der Waals surface area (Å²) in [6.45, 7) is 7.57. The Morgan fingerprint density at radius 3 is 2.50 bits per heavy atom. The van der Waals surface area contributed by atoms with Crippen LogP contribution in [-0.4, -0.2) is 0 Å². The summed E-state index contributed by atoms with van der Waals surface area (Å²) >= 11 is 0. The van der Waals surface area contributed by atoms with Gasteiger partial charge in [-0.15, -0.1) is 0 Å². The largest absolute Gasteiger partial charge is 0.0990 e. The molecule has 0 N–H and O–H groups in total. The maximum atomic E-state index is 3.51. The highest BCUT2D eigenvalue weighted by Gasteiger charge is 1.67. The van der Waals surface area contributed by atoms with Gasteiger partial charge in [0.1, 0.15) is 0 Å². The average Bonchev–Trinajstić information content (AvgIpc) is 1.66. The van der Waals surface area contributed by atoms with Crippen molar-refractivity contribution in [3.8, 4) is 0 Å². The molecule has 0 saturated heterocycles. The summed E-state index contributed by atoms with van der Waals surface area (Å²) in [6, 6.07) is 0. The van der Waals surface area contributed by atoms with Gasteiger partial charge in [-0.1, -0.05) is 30.4 Å². The van der Waals surface area contributed by atoms with Crippen molar-refractivity contribution in [3.63, 3.8) is 0 Å². The molecule has 43 valence electrons. The first-order valence-corrected chi connectivity index (χ1v) is 2.61. The second-order valence-corrected chi connectivity index (χ2v) is 1.79. The van der Waals surface area contributed by atoms with Gasteiger partial charge in [-0.3, -0.25) is 0 Å². The fourth-order valence-electron chi connectivity index (χ4n) is 0.283. The molecule has 0 aromatic rings. The van der Waals surface area contributed by atoms with Crippen molar-refractivity contribution in [2.75, 3.05) is 0 Å². The minimum atomic E-state index is 1.25. The van der Waals surface area contributed by atoms with Gasteiger partial charge in [-0.05, 0) is 19.9 Å². The van der Waals surface area contributed by atoms with Gasteiger partial charge in [0.05, 0.1) is 0 Å². The van der Waals surface area contributed by atoms with Crippen LogP contribution in [-0.2, 0) is 0 Å². The lowest BCUT2D eigenvalue weighted by atomic mass is 10.3. The predicted molar refractivity (Wildman–Crippen MR) is 37.4 cm³/mol. The molecule has 0 atom stereocenters. The zero-order valence-corrected chi connectivity index (χ0v) is 5.44. The highest BCUT2D eigenvalue weighted by molar-refractivity contribution is 5.06. The van der Waals surface area contributed by atoms with Crippen LogP contribution >= 0.6 is 0 Å². The van der Waals surface area contributed by atoms with E-state index in [2.05, 4.69) is 12.7 Å². The van der Waals surface area contributed by atoms with Crippen molar-refractivity contribution < 1.29 is 0 Å². The van der Waals surface area contributed by atoms with Crippen LogP contribution in [0.2, 0.25) is 0 Å². The summed E-state index contributed by atoms with van der Waals surface area (Å²) in [6.07, 6.45) is 8.34. The molecule has 0 spiro atoms. The normalized spacial score (nSPS) is 9.25. The molecule has 0 unspecified atom stereocenters. The van der Waals surface area contributed by atoms with E-state index in [1.165, 1.54) is 5.57 Å². The first-order chi connectivity index (χ1) is 3.77. The molecule has 0 nitrogen and oxygen atoms in total. The summed E-state index contributed by atoms with van der Waals surface area (Å²) in [5.41, 5.74) is 1.25. The van der Waals surface area contributed by atoms with Gasteiger partial charge in [0.25, 0.3) is 0 Å². The molecule has 0 aliphatic heterocycles. The second kappa shape index (κ2) is 4.38. The molecule has 0 amide bonds. The zero-order chi connectivity index (χ0) is 6.41. The molecule has 0 saturated carbocycles. The van der Waals surface area contributed by atoms with Crippen LogP contribution in [0.4, 0.5) is 0 Å². The van der Waals surface area contributed by atoms with Crippen molar-refractivity contribution in [3.05, 3.63) is 36.5 Å². The number of allylic oxidation sites excluding steroid dienone is 5. The molecule has 0 aromatic heterocycles. The van der Waals surface area contributed by atoms with Crippen LogP contribution in [0.1, 0.15) is 13.8 Å². The maximum absolute atomic E-state index is 3.51. The summed E-state index contributed by atoms with van der Waals surface area (Å²) in [5, 5.41) is 0. The molecule has 0 aromatic carbocycles. The second-order valence-electron chi connectivity index (χ2n) is 1.79. The molecule has 0 aliphatic carbocycles. The van der Waals surface area contributed by atoms with E-state index in [1.807, 2.05) is 19.9 Å². The number of hydrogen-bond acceptors (Lipinski definition) is 0. The monoisotopic (exact) mass is 107 g/mol. The molecule has 0 fully saturated rings. The van der Waals surface area contributed by atoms with Crippen molar-refractivity contribution >= 4 is 0 Å². The van der Waals surface area contributed by atoms with Crippen molar-refractivity contribution in [1.29, 1.82) is 0 Å². The van der Waals surface area contributed by atoms with E-state index in [1.54, 1.807) is 12.2 Å². The summed E-state index contributed by atoms with van der Waals surface area (Å²) in [7, 11) is 0. The van der Waals surface area contributed by atoms with E-state index < -0.39 is 0 Å². The van der Waals surface area contributed by atoms with Gasteiger partial charge in [-0.2, -0.15) is 0 Å². The highest BCUT2D eigenvalue weighted by atomic mass is 13.7. The lowest BCUT2D eigenvalue weighted by Gasteiger charge is -1.77. The van der Waals surface area contributed by atoms with Crippen LogP contribution in [0.5, 0.6) is 0 Å². The molecule has 0 rings (SSSR count). The number of hydrogen-bond donors (Lipinski definition) is 0. The fraction of sp³-hybridized carbons (Fsp3) is 0.250. The van der Waals surface area contributed by atoms with Gasteiger partial charge < -0.3 is 0 Å². The third-order valence-electron chi connectivity index (χ3n) is 0.586. The Hall–Kier alpha value is -0.780. The van der Waals surface area contributed by atoms with Crippen LogP contribution in [0, 0.1) is 6.08 Å². The van der Waals surface area contributed by atoms with E-state index in [0.717, 1.165) is 0 Å². The minimum Gasteiger partial charge on any atom is -0.0990 e. The first kappa shape index (κ1) is 7.22. The lowest BCUT2D eigenvalue weighted by molar-refractivity contribution is 1.39. The third-order valence-corrected chi connectivity index (χ3v) is 0.586. The Labute approximate surface area is 51.2 Å². The molecule has 0 heterocycles. The molecular weight excluding hydrogens is 96.1 g/mol. The van der Waals surface area contributed by atoms with Crippen molar-refractivity contribution in [2.24, 2.45) is 0 Å². The molecule has 0 bridgehead atoms. The fourth-order valence-corrected chi connectivity index (χ4v) is 0.283. The van der Waals surface area contributed by atoms with Crippen LogP contribution in [0.25, 0.3) is 0 Å². The minimum absolute atomic E-state index is 1.25. The van der Waals surface area contributed by atoms with E-state index in [-0.39, 0.29) is 0 Å². The maximum Gasteiger partial charge on any atom is -0.0185 e. The Morgan fingerprint density at radius 1 is 1.50 bits per heavy atom. The lowest BCUT2D eigenvalue weighted by Crippen LogP contribution is -1.57. The molecule has 1 radical (unpaired) electrons. The summed E-state index contributed by atoms with van der Waals surface area (Å²) < 4.78 is 0. The van der Waals surface area contributed by atoms with Gasteiger partial charge in [0, 0.05) is 0 Å².